The van der Waals surface area contributed by atoms with Crippen molar-refractivity contribution in [2.45, 2.75) is 39.5 Å². The quantitative estimate of drug-likeness (QED) is 0.303. The molecule has 0 radical (unpaired) electrons. The van der Waals surface area contributed by atoms with Crippen LogP contribution in [0.15, 0.2) is 48.0 Å². The minimum Gasteiger partial charge on any atom is -0.446 e. The number of hydrogen-bond acceptors (Lipinski definition) is 1. The fourth-order valence-electron chi connectivity index (χ4n) is 1.10. The molecule has 0 aliphatic rings. The first kappa shape index (κ1) is 17.5. The number of allylic oxidation sites excluding steroid dienone is 4. The van der Waals surface area contributed by atoms with Crippen molar-refractivity contribution >= 4 is 0 Å². The Balaban J connectivity index is 4.90. The van der Waals surface area contributed by atoms with Crippen LogP contribution in [0, 0.1) is 0 Å². The fourth-order valence-corrected chi connectivity index (χ4v) is 1.10. The molecule has 0 heterocycles. The smallest absolute Gasteiger partial charge is 0.312 e. The Morgan fingerprint density at radius 2 is 1.16 bits per heavy atom. The van der Waals surface area contributed by atoms with Crippen LogP contribution in [0.3, 0.4) is 0 Å². The average molecular weight is 278 g/mol. The number of halogens is 4. The van der Waals surface area contributed by atoms with Crippen molar-refractivity contribution in [3.05, 3.63) is 48.0 Å². The summed E-state index contributed by atoms with van der Waals surface area (Å²) in [6, 6.07) is 0. The van der Waals surface area contributed by atoms with Gasteiger partial charge in [-0.05, 0) is 25.0 Å². The van der Waals surface area contributed by atoms with E-state index in [1.54, 1.807) is 0 Å². The monoisotopic (exact) mass is 278 g/mol. The minimum atomic E-state index is -2.13. The maximum absolute atomic E-state index is 12.6. The molecule has 0 rings (SSSR count). The molecule has 5 heteroatoms. The molecule has 108 valence electrons. The van der Waals surface area contributed by atoms with E-state index in [0.717, 1.165) is 25.0 Å². The largest absolute Gasteiger partial charge is 0.446 e. The maximum atomic E-state index is 12.6. The molecule has 0 fully saturated rings. The molecule has 0 bridgehead atoms. The zero-order chi connectivity index (χ0) is 14.7. The molecule has 0 aromatic rings. The van der Waals surface area contributed by atoms with Gasteiger partial charge in [-0.2, -0.15) is 17.6 Å². The summed E-state index contributed by atoms with van der Waals surface area (Å²) in [5.74, 6) is -1.70. The molecule has 0 aromatic heterocycles. The van der Waals surface area contributed by atoms with Crippen LogP contribution >= 0.6 is 0 Å². The molecule has 0 atom stereocenters. The fraction of sp³-hybridized carbons (Fsp3) is 0.429. The highest BCUT2D eigenvalue weighted by Gasteiger charge is 2.10. The van der Waals surface area contributed by atoms with Crippen molar-refractivity contribution in [2.24, 2.45) is 0 Å². The Hall–Kier alpha value is -1.52. The van der Waals surface area contributed by atoms with Crippen LogP contribution in [-0.4, -0.2) is 0 Å². The highest BCUT2D eigenvalue weighted by Crippen LogP contribution is 2.20. The van der Waals surface area contributed by atoms with Gasteiger partial charge in [-0.1, -0.05) is 38.8 Å². The zero-order valence-electron chi connectivity index (χ0n) is 11.1. The van der Waals surface area contributed by atoms with Gasteiger partial charge in [0.1, 0.15) is 0 Å². The Kier molecular flexibility index (Phi) is 9.57. The Morgan fingerprint density at radius 3 is 1.42 bits per heavy atom. The first-order valence-corrected chi connectivity index (χ1v) is 6.14. The molecule has 0 aliphatic carbocycles. The van der Waals surface area contributed by atoms with Gasteiger partial charge < -0.3 is 4.74 Å². The van der Waals surface area contributed by atoms with Crippen molar-refractivity contribution in [1.29, 1.82) is 0 Å². The van der Waals surface area contributed by atoms with Gasteiger partial charge in [-0.25, -0.2) is 0 Å². The van der Waals surface area contributed by atoms with Gasteiger partial charge in [0, 0.05) is 0 Å². The van der Waals surface area contributed by atoms with Gasteiger partial charge in [0.05, 0.1) is 0 Å². The van der Waals surface area contributed by atoms with Gasteiger partial charge in [-0.3, -0.25) is 0 Å². The normalized spacial score (nSPS) is 11.1. The van der Waals surface area contributed by atoms with E-state index in [0.29, 0.717) is 12.8 Å². The highest BCUT2D eigenvalue weighted by atomic mass is 19.3. The number of unbranched alkanes of at least 4 members (excludes halogenated alkanes) is 2. The molecule has 0 spiro atoms. The van der Waals surface area contributed by atoms with Crippen LogP contribution in [0.1, 0.15) is 39.5 Å². The summed E-state index contributed by atoms with van der Waals surface area (Å²) in [5.41, 5.74) is 0. The predicted molar refractivity (Wildman–Crippen MR) is 67.7 cm³/mol. The van der Waals surface area contributed by atoms with E-state index in [2.05, 4.69) is 4.74 Å². The topological polar surface area (TPSA) is 9.23 Å². The van der Waals surface area contributed by atoms with Crippen molar-refractivity contribution in [1.82, 2.24) is 0 Å². The summed E-state index contributed by atoms with van der Waals surface area (Å²) < 4.78 is 54.8. The van der Waals surface area contributed by atoms with Crippen LogP contribution in [0.2, 0.25) is 0 Å². The molecule has 0 saturated heterocycles. The van der Waals surface area contributed by atoms with Crippen LogP contribution < -0.4 is 0 Å². The summed E-state index contributed by atoms with van der Waals surface area (Å²) in [6.45, 7) is 3.75. The van der Waals surface area contributed by atoms with E-state index in [4.69, 9.17) is 0 Å². The average Bonchev–Trinajstić information content (AvgIpc) is 2.35. The molecule has 0 aromatic carbocycles. The van der Waals surface area contributed by atoms with Crippen LogP contribution in [0.25, 0.3) is 0 Å². The van der Waals surface area contributed by atoms with Gasteiger partial charge >= 0.3 is 12.2 Å². The van der Waals surface area contributed by atoms with Gasteiger partial charge in [-0.15, -0.1) is 0 Å². The van der Waals surface area contributed by atoms with E-state index in [1.807, 2.05) is 13.8 Å². The SMILES string of the molecule is CCCC=CC(OC(C=CCCC)=C(F)F)=C(F)F. The summed E-state index contributed by atoms with van der Waals surface area (Å²) in [7, 11) is 0. The lowest BCUT2D eigenvalue weighted by Crippen LogP contribution is -1.92. The maximum Gasteiger partial charge on any atom is 0.312 e. The standard InChI is InChI=1S/C14H18F4O/c1-3-5-7-9-11(13(15)16)19-12(14(17)18)10-8-6-4-2/h7-10H,3-6H2,1-2H3. The van der Waals surface area contributed by atoms with Crippen molar-refractivity contribution < 1.29 is 22.3 Å². The molecule has 0 saturated carbocycles. The molecule has 0 amide bonds. The third-order valence-electron chi connectivity index (χ3n) is 2.04. The molecule has 0 unspecified atom stereocenters. The summed E-state index contributed by atoms with van der Waals surface area (Å²) >= 11 is 0. The Bertz CT molecular complexity index is 337. The van der Waals surface area contributed by atoms with Crippen molar-refractivity contribution in [3.8, 4) is 0 Å². The second kappa shape index (κ2) is 10.4. The first-order valence-electron chi connectivity index (χ1n) is 6.14. The van der Waals surface area contributed by atoms with Crippen LogP contribution in [0.5, 0.6) is 0 Å². The molecular weight excluding hydrogens is 260 g/mol. The zero-order valence-corrected chi connectivity index (χ0v) is 11.1. The van der Waals surface area contributed by atoms with E-state index in [1.165, 1.54) is 12.2 Å². The number of rotatable bonds is 8. The Morgan fingerprint density at radius 1 is 0.789 bits per heavy atom. The number of hydrogen-bond donors (Lipinski definition) is 0. The molecule has 1 nitrogen and oxygen atoms in total. The molecule has 0 aliphatic heterocycles. The lowest BCUT2D eigenvalue weighted by atomic mass is 10.3. The lowest BCUT2D eigenvalue weighted by Gasteiger charge is -2.05. The molecular formula is C14H18F4O. The third-order valence-corrected chi connectivity index (χ3v) is 2.04. The second-order valence-corrected chi connectivity index (χ2v) is 3.73. The van der Waals surface area contributed by atoms with E-state index < -0.39 is 23.7 Å². The summed E-state index contributed by atoms with van der Waals surface area (Å²) in [5, 5.41) is 0. The van der Waals surface area contributed by atoms with E-state index in [-0.39, 0.29) is 0 Å². The van der Waals surface area contributed by atoms with Crippen molar-refractivity contribution in [3.63, 3.8) is 0 Å². The van der Waals surface area contributed by atoms with Gasteiger partial charge in [0.2, 0.25) is 0 Å². The van der Waals surface area contributed by atoms with E-state index in [9.17, 15) is 17.6 Å². The Labute approximate surface area is 111 Å². The van der Waals surface area contributed by atoms with Crippen LogP contribution in [0.4, 0.5) is 17.6 Å². The second-order valence-electron chi connectivity index (χ2n) is 3.73. The molecule has 0 N–H and O–H groups in total. The van der Waals surface area contributed by atoms with Crippen LogP contribution in [-0.2, 0) is 4.74 Å². The highest BCUT2D eigenvalue weighted by molar-refractivity contribution is 5.21. The number of ether oxygens (including phenoxy) is 1. The lowest BCUT2D eigenvalue weighted by molar-refractivity contribution is 0.252. The van der Waals surface area contributed by atoms with Gasteiger partial charge in [0.25, 0.3) is 0 Å². The third kappa shape index (κ3) is 8.24. The summed E-state index contributed by atoms with van der Waals surface area (Å²) in [4.78, 5) is 0. The first-order chi connectivity index (χ1) is 9.02. The summed E-state index contributed by atoms with van der Waals surface area (Å²) in [6.07, 6.45) is 3.36. The minimum absolute atomic E-state index is 0.572. The predicted octanol–water partition coefficient (Wildman–Crippen LogP) is 5.93. The molecule has 19 heavy (non-hydrogen) atoms. The van der Waals surface area contributed by atoms with E-state index >= 15 is 0 Å². The van der Waals surface area contributed by atoms with Gasteiger partial charge in [0.15, 0.2) is 11.5 Å². The van der Waals surface area contributed by atoms with Crippen molar-refractivity contribution in [2.75, 3.05) is 0 Å².